The van der Waals surface area contributed by atoms with E-state index in [0.717, 1.165) is 19.5 Å². The number of ether oxygens (including phenoxy) is 3. The Morgan fingerprint density at radius 1 is 1.06 bits per heavy atom. The quantitative estimate of drug-likeness (QED) is 0.373. The molecule has 0 bridgehead atoms. The molecular weight excluding hydrogens is 436 g/mol. The van der Waals surface area contributed by atoms with E-state index in [-0.39, 0.29) is 17.3 Å². The van der Waals surface area contributed by atoms with Crippen molar-refractivity contribution >= 4 is 28.3 Å². The van der Waals surface area contributed by atoms with Crippen molar-refractivity contribution in [1.29, 1.82) is 0 Å². The molecule has 180 valence electrons. The molecular formula is C25H30N4O5. The first-order chi connectivity index (χ1) is 16.5. The lowest BCUT2D eigenvalue weighted by Gasteiger charge is -2.27. The molecule has 0 spiro atoms. The van der Waals surface area contributed by atoms with Crippen LogP contribution in [0.15, 0.2) is 42.0 Å². The maximum atomic E-state index is 12.9. The molecule has 2 aliphatic rings. The van der Waals surface area contributed by atoms with Crippen LogP contribution in [0.3, 0.4) is 0 Å². The highest BCUT2D eigenvalue weighted by atomic mass is 16.5. The fourth-order valence-electron chi connectivity index (χ4n) is 3.88. The second kappa shape index (κ2) is 10.6. The van der Waals surface area contributed by atoms with Crippen LogP contribution in [0.4, 0.5) is 5.82 Å². The first-order valence-electron chi connectivity index (χ1n) is 11.5. The monoisotopic (exact) mass is 466 g/mol. The van der Waals surface area contributed by atoms with Gasteiger partial charge in [0.1, 0.15) is 18.8 Å². The van der Waals surface area contributed by atoms with Crippen LogP contribution in [0.5, 0.6) is 11.5 Å². The highest BCUT2D eigenvalue weighted by molar-refractivity contribution is 6.21. The smallest absolute Gasteiger partial charge is 0.204 e. The lowest BCUT2D eigenvalue weighted by atomic mass is 10.0. The lowest BCUT2D eigenvalue weighted by molar-refractivity contribution is -0.116. The number of methoxy groups -OCH3 is 2. The van der Waals surface area contributed by atoms with Crippen molar-refractivity contribution in [3.05, 3.63) is 42.0 Å². The van der Waals surface area contributed by atoms with E-state index >= 15 is 0 Å². The molecule has 1 saturated carbocycles. The zero-order valence-corrected chi connectivity index (χ0v) is 19.8. The Morgan fingerprint density at radius 3 is 2.59 bits per heavy atom. The van der Waals surface area contributed by atoms with E-state index in [9.17, 15) is 9.59 Å². The summed E-state index contributed by atoms with van der Waals surface area (Å²) in [6.45, 7) is 4.45. The van der Waals surface area contributed by atoms with E-state index in [1.807, 2.05) is 4.90 Å². The van der Waals surface area contributed by atoms with Crippen LogP contribution in [0.1, 0.15) is 26.2 Å². The molecule has 9 nitrogen and oxygen atoms in total. The van der Waals surface area contributed by atoms with Crippen LogP contribution in [-0.4, -0.2) is 67.0 Å². The SMILES string of the molecule is CCCN(CC1CC1)C1=CC(=O)C(Nc2ncnc3cc(OCCOC)c(OC)cc23)=CC1=O. The van der Waals surface area contributed by atoms with Crippen molar-refractivity contribution in [1.82, 2.24) is 14.9 Å². The second-order valence-corrected chi connectivity index (χ2v) is 8.41. The minimum atomic E-state index is -0.259. The molecule has 34 heavy (non-hydrogen) atoms. The molecule has 0 atom stereocenters. The van der Waals surface area contributed by atoms with Crippen LogP contribution in [0.25, 0.3) is 10.9 Å². The van der Waals surface area contributed by atoms with Gasteiger partial charge >= 0.3 is 0 Å². The number of nitrogens with one attached hydrogen (secondary N) is 1. The van der Waals surface area contributed by atoms with Crippen LogP contribution in [0.2, 0.25) is 0 Å². The van der Waals surface area contributed by atoms with Gasteiger partial charge in [-0.25, -0.2) is 9.97 Å². The van der Waals surface area contributed by atoms with E-state index in [0.29, 0.717) is 53.0 Å². The standard InChI is InChI=1S/C25H30N4O5/c1-4-7-29(14-16-5-6-16)20-13-21(30)19(11-22(20)31)28-25-17-10-23(33-3)24(34-9-8-32-2)12-18(17)26-15-27-25/h10-13,15-16H,4-9,14H2,1-3H3,(H,26,27,28). The largest absolute Gasteiger partial charge is 0.493 e. The number of fused-ring (bicyclic) bond motifs is 1. The van der Waals surface area contributed by atoms with Gasteiger partial charge < -0.3 is 24.4 Å². The molecule has 2 aromatic rings. The van der Waals surface area contributed by atoms with Gasteiger partial charge in [-0.05, 0) is 31.2 Å². The second-order valence-electron chi connectivity index (χ2n) is 8.41. The van der Waals surface area contributed by atoms with Gasteiger partial charge in [-0.3, -0.25) is 9.59 Å². The van der Waals surface area contributed by atoms with Crippen LogP contribution < -0.4 is 14.8 Å². The zero-order valence-electron chi connectivity index (χ0n) is 19.8. The number of hydrogen-bond acceptors (Lipinski definition) is 9. The third kappa shape index (κ3) is 5.36. The third-order valence-corrected chi connectivity index (χ3v) is 5.79. The lowest BCUT2D eigenvalue weighted by Crippen LogP contribution is -2.33. The molecule has 1 aromatic heterocycles. The highest BCUT2D eigenvalue weighted by Crippen LogP contribution is 2.35. The summed E-state index contributed by atoms with van der Waals surface area (Å²) in [5.41, 5.74) is 1.25. The van der Waals surface area contributed by atoms with Gasteiger partial charge in [0.15, 0.2) is 11.5 Å². The Bertz CT molecular complexity index is 1140. The maximum Gasteiger partial charge on any atom is 0.204 e. The van der Waals surface area contributed by atoms with E-state index in [1.54, 1.807) is 26.4 Å². The molecule has 0 unspecified atom stereocenters. The summed E-state index contributed by atoms with van der Waals surface area (Å²) in [5.74, 6) is 1.60. The maximum absolute atomic E-state index is 12.9. The fourth-order valence-corrected chi connectivity index (χ4v) is 3.88. The van der Waals surface area contributed by atoms with Crippen molar-refractivity contribution < 1.29 is 23.8 Å². The van der Waals surface area contributed by atoms with Crippen molar-refractivity contribution in [2.45, 2.75) is 26.2 Å². The van der Waals surface area contributed by atoms with Gasteiger partial charge in [0.25, 0.3) is 0 Å². The van der Waals surface area contributed by atoms with Crippen LogP contribution in [-0.2, 0) is 14.3 Å². The number of carbonyl (C=O) groups is 2. The summed E-state index contributed by atoms with van der Waals surface area (Å²) < 4.78 is 16.2. The van der Waals surface area contributed by atoms with E-state index in [2.05, 4.69) is 22.2 Å². The predicted octanol–water partition coefficient (Wildman–Crippen LogP) is 3.12. The minimum Gasteiger partial charge on any atom is -0.493 e. The number of hydrogen-bond donors (Lipinski definition) is 1. The van der Waals surface area contributed by atoms with Crippen LogP contribution in [0, 0.1) is 5.92 Å². The van der Waals surface area contributed by atoms with Crippen molar-refractivity contribution in [2.24, 2.45) is 5.92 Å². The molecule has 0 amide bonds. The molecule has 1 fully saturated rings. The first kappa shape index (κ1) is 23.7. The minimum absolute atomic E-state index is 0.177. The Kier molecular flexibility index (Phi) is 7.42. The number of ketones is 2. The summed E-state index contributed by atoms with van der Waals surface area (Å²) in [7, 11) is 3.15. The van der Waals surface area contributed by atoms with Gasteiger partial charge in [-0.2, -0.15) is 0 Å². The topological polar surface area (TPSA) is 103 Å². The number of rotatable bonds is 12. The van der Waals surface area contributed by atoms with Gasteiger partial charge in [0, 0.05) is 43.8 Å². The fraction of sp³-hybridized carbons (Fsp3) is 0.440. The normalized spacial score (nSPS) is 15.7. The average molecular weight is 467 g/mol. The first-order valence-corrected chi connectivity index (χ1v) is 11.5. The van der Waals surface area contributed by atoms with E-state index in [1.165, 1.54) is 31.3 Å². The number of nitrogens with zero attached hydrogens (tertiary/aromatic N) is 3. The third-order valence-electron chi connectivity index (χ3n) is 5.79. The van der Waals surface area contributed by atoms with Gasteiger partial charge in [-0.1, -0.05) is 6.92 Å². The zero-order chi connectivity index (χ0) is 24.1. The van der Waals surface area contributed by atoms with Crippen molar-refractivity contribution in [2.75, 3.05) is 45.8 Å². The van der Waals surface area contributed by atoms with Gasteiger partial charge in [0.05, 0.1) is 30.6 Å². The Balaban J connectivity index is 1.57. The van der Waals surface area contributed by atoms with E-state index in [4.69, 9.17) is 14.2 Å². The van der Waals surface area contributed by atoms with Crippen LogP contribution >= 0.6 is 0 Å². The average Bonchev–Trinajstić information content (AvgIpc) is 3.65. The summed E-state index contributed by atoms with van der Waals surface area (Å²) in [4.78, 5) is 36.5. The molecule has 1 aromatic carbocycles. The molecule has 0 radical (unpaired) electrons. The number of benzene rings is 1. The molecule has 2 aliphatic carbocycles. The molecule has 0 aliphatic heterocycles. The van der Waals surface area contributed by atoms with Crippen molar-refractivity contribution in [3.8, 4) is 11.5 Å². The Hall–Kier alpha value is -3.46. The number of aromatic nitrogens is 2. The number of anilines is 1. The van der Waals surface area contributed by atoms with Gasteiger partial charge in [0.2, 0.25) is 11.6 Å². The predicted molar refractivity (Wildman–Crippen MR) is 128 cm³/mol. The highest BCUT2D eigenvalue weighted by Gasteiger charge is 2.29. The molecule has 9 heteroatoms. The van der Waals surface area contributed by atoms with E-state index < -0.39 is 0 Å². The summed E-state index contributed by atoms with van der Waals surface area (Å²) in [6.07, 6.45) is 7.47. The molecule has 1 heterocycles. The summed E-state index contributed by atoms with van der Waals surface area (Å²) in [5, 5.41) is 3.67. The molecule has 4 rings (SSSR count). The Morgan fingerprint density at radius 2 is 1.88 bits per heavy atom. The number of carbonyl (C=O) groups excluding carboxylic acids is 2. The summed E-state index contributed by atoms with van der Waals surface area (Å²) >= 11 is 0. The van der Waals surface area contributed by atoms with Gasteiger partial charge in [-0.15, -0.1) is 0 Å². The molecule has 1 N–H and O–H groups in total. The van der Waals surface area contributed by atoms with Crippen molar-refractivity contribution in [3.63, 3.8) is 0 Å². The molecule has 0 saturated heterocycles. The number of allylic oxidation sites excluding steroid dienone is 2. The Labute approximate surface area is 198 Å². The summed E-state index contributed by atoms with van der Waals surface area (Å²) in [6, 6.07) is 3.49.